The molecule has 23 heavy (non-hydrogen) atoms. The molecule has 9 heteroatoms. The van der Waals surface area contributed by atoms with Crippen LogP contribution in [0.4, 0.5) is 0 Å². The number of nitrogens with one attached hydrogen (secondary N) is 1. The second-order valence-corrected chi connectivity index (χ2v) is 7.65. The van der Waals surface area contributed by atoms with Crippen LogP contribution < -0.4 is 5.32 Å². The van der Waals surface area contributed by atoms with Gasteiger partial charge in [0.1, 0.15) is 17.1 Å². The summed E-state index contributed by atoms with van der Waals surface area (Å²) in [6, 6.07) is 1.38. The number of sulfonamides is 1. The first kappa shape index (κ1) is 17.5. The number of aryl methyl sites for hydroxylation is 1. The number of carbonyl (C=O) groups excluding carboxylic acids is 1. The van der Waals surface area contributed by atoms with Gasteiger partial charge >= 0.3 is 5.97 Å². The van der Waals surface area contributed by atoms with Crippen LogP contribution in [0.2, 0.25) is 0 Å². The third kappa shape index (κ3) is 4.32. The van der Waals surface area contributed by atoms with Gasteiger partial charge in [-0.15, -0.1) is 0 Å². The Balaban J connectivity index is 1.94. The van der Waals surface area contributed by atoms with Crippen LogP contribution in [0.15, 0.2) is 10.5 Å². The molecular weight excluding hydrogens is 324 g/mol. The topological polar surface area (TPSA) is 117 Å². The Morgan fingerprint density at radius 2 is 2.17 bits per heavy atom. The minimum Gasteiger partial charge on any atom is -0.478 e. The molecule has 0 radical (unpaired) electrons. The molecule has 0 bridgehead atoms. The van der Waals surface area contributed by atoms with Crippen LogP contribution in [-0.4, -0.2) is 49.1 Å². The fourth-order valence-corrected chi connectivity index (χ4v) is 3.53. The van der Waals surface area contributed by atoms with Gasteiger partial charge in [0, 0.05) is 13.1 Å². The van der Waals surface area contributed by atoms with E-state index < -0.39 is 21.9 Å². The van der Waals surface area contributed by atoms with Gasteiger partial charge in [0.05, 0.1) is 18.7 Å². The molecule has 1 aliphatic heterocycles. The largest absolute Gasteiger partial charge is 0.478 e. The van der Waals surface area contributed by atoms with Gasteiger partial charge in [0.2, 0.25) is 15.9 Å². The van der Waals surface area contributed by atoms with Crippen molar-refractivity contribution in [2.75, 3.05) is 19.3 Å². The quantitative estimate of drug-likeness (QED) is 0.807. The Labute approximate surface area is 134 Å². The monoisotopic (exact) mass is 344 g/mol. The molecular formula is C14H20N2O6S. The molecule has 0 unspecified atom stereocenters. The lowest BCUT2D eigenvalue weighted by atomic mass is 9.99. The third-order valence-corrected chi connectivity index (χ3v) is 5.13. The summed E-state index contributed by atoms with van der Waals surface area (Å²) in [5, 5.41) is 11.6. The number of amides is 1. The standard InChI is InChI=1S/C14H20N2O6S/c1-9-12(14(18)19)6-11(22-9)7-15-13(17)10-4-3-5-16(8-10)23(2,20)21/h6,10H,3-5,7-8H2,1-2H3,(H,15,17)(H,18,19)/t10-/m1/s1. The zero-order chi connectivity index (χ0) is 17.2. The van der Waals surface area contributed by atoms with E-state index in [4.69, 9.17) is 9.52 Å². The van der Waals surface area contributed by atoms with E-state index in [9.17, 15) is 18.0 Å². The SMILES string of the molecule is Cc1oc(CNC(=O)[C@@H]2CCCN(S(C)(=O)=O)C2)cc1C(=O)O. The van der Waals surface area contributed by atoms with Crippen molar-refractivity contribution in [1.29, 1.82) is 0 Å². The van der Waals surface area contributed by atoms with Crippen LogP contribution >= 0.6 is 0 Å². The number of nitrogens with zero attached hydrogens (tertiary/aromatic N) is 1. The van der Waals surface area contributed by atoms with Crippen molar-refractivity contribution < 1.29 is 27.5 Å². The number of furan rings is 1. The highest BCUT2D eigenvalue weighted by atomic mass is 32.2. The summed E-state index contributed by atoms with van der Waals surface area (Å²) in [6.45, 7) is 2.21. The predicted octanol–water partition coefficient (Wildman–Crippen LogP) is 0.574. The van der Waals surface area contributed by atoms with Crippen LogP contribution in [0.5, 0.6) is 0 Å². The maximum atomic E-state index is 12.2. The normalized spacial score (nSPS) is 19.5. The molecule has 1 aromatic heterocycles. The van der Waals surface area contributed by atoms with E-state index in [1.165, 1.54) is 10.4 Å². The van der Waals surface area contributed by atoms with Crippen molar-refractivity contribution in [2.45, 2.75) is 26.3 Å². The summed E-state index contributed by atoms with van der Waals surface area (Å²) in [6.07, 6.45) is 2.38. The van der Waals surface area contributed by atoms with Gasteiger partial charge < -0.3 is 14.8 Å². The Morgan fingerprint density at radius 3 is 2.74 bits per heavy atom. The molecule has 2 N–H and O–H groups in total. The number of carboxylic acid groups (broad SMARTS) is 1. The predicted molar refractivity (Wildman–Crippen MR) is 81.4 cm³/mol. The van der Waals surface area contributed by atoms with Crippen molar-refractivity contribution in [1.82, 2.24) is 9.62 Å². The zero-order valence-corrected chi connectivity index (χ0v) is 13.9. The van der Waals surface area contributed by atoms with E-state index in [0.29, 0.717) is 25.1 Å². The molecule has 0 aromatic carbocycles. The molecule has 0 aliphatic carbocycles. The lowest BCUT2D eigenvalue weighted by Gasteiger charge is -2.30. The molecule has 0 spiro atoms. The van der Waals surface area contributed by atoms with E-state index in [2.05, 4.69) is 5.32 Å². The smallest absolute Gasteiger partial charge is 0.339 e. The van der Waals surface area contributed by atoms with Gasteiger partial charge in [-0.3, -0.25) is 4.79 Å². The molecule has 1 amide bonds. The molecule has 1 fully saturated rings. The van der Waals surface area contributed by atoms with E-state index in [-0.39, 0.29) is 30.3 Å². The van der Waals surface area contributed by atoms with Crippen LogP contribution in [0.25, 0.3) is 0 Å². The maximum absolute atomic E-state index is 12.2. The number of aromatic carboxylic acids is 1. The first-order valence-corrected chi connectivity index (χ1v) is 9.08. The summed E-state index contributed by atoms with van der Waals surface area (Å²) < 4.78 is 29.7. The number of rotatable bonds is 5. The van der Waals surface area contributed by atoms with E-state index in [0.717, 1.165) is 6.26 Å². The van der Waals surface area contributed by atoms with Gasteiger partial charge in [-0.1, -0.05) is 0 Å². The zero-order valence-electron chi connectivity index (χ0n) is 13.0. The third-order valence-electron chi connectivity index (χ3n) is 3.86. The average Bonchev–Trinajstić information content (AvgIpc) is 2.85. The first-order valence-electron chi connectivity index (χ1n) is 7.24. The number of piperidine rings is 1. The highest BCUT2D eigenvalue weighted by Gasteiger charge is 2.30. The lowest BCUT2D eigenvalue weighted by molar-refractivity contribution is -0.126. The van der Waals surface area contributed by atoms with Crippen molar-refractivity contribution in [3.63, 3.8) is 0 Å². The molecule has 1 aliphatic rings. The van der Waals surface area contributed by atoms with Crippen molar-refractivity contribution >= 4 is 21.9 Å². The highest BCUT2D eigenvalue weighted by molar-refractivity contribution is 7.88. The van der Waals surface area contributed by atoms with Crippen LogP contribution in [0.1, 0.15) is 34.7 Å². The minimum atomic E-state index is -3.30. The summed E-state index contributed by atoms with van der Waals surface area (Å²) in [5.41, 5.74) is 0.0650. The second kappa shape index (κ2) is 6.71. The molecule has 2 heterocycles. The van der Waals surface area contributed by atoms with Gasteiger partial charge in [0.15, 0.2) is 0 Å². The summed E-state index contributed by atoms with van der Waals surface area (Å²) >= 11 is 0. The molecule has 1 aromatic rings. The first-order chi connectivity index (χ1) is 10.7. The molecule has 2 rings (SSSR count). The average molecular weight is 344 g/mol. The summed E-state index contributed by atoms with van der Waals surface area (Å²) in [5.74, 6) is -1.12. The number of carbonyl (C=O) groups is 2. The van der Waals surface area contributed by atoms with Crippen molar-refractivity contribution in [2.24, 2.45) is 5.92 Å². The van der Waals surface area contributed by atoms with Crippen LogP contribution in [-0.2, 0) is 21.4 Å². The molecule has 128 valence electrons. The number of carboxylic acids is 1. The molecule has 8 nitrogen and oxygen atoms in total. The fraction of sp³-hybridized carbons (Fsp3) is 0.571. The van der Waals surface area contributed by atoms with Crippen molar-refractivity contribution in [3.8, 4) is 0 Å². The van der Waals surface area contributed by atoms with Crippen molar-refractivity contribution in [3.05, 3.63) is 23.2 Å². The second-order valence-electron chi connectivity index (χ2n) is 5.67. The van der Waals surface area contributed by atoms with E-state index in [1.807, 2.05) is 0 Å². The summed E-state index contributed by atoms with van der Waals surface area (Å²) in [7, 11) is -3.30. The van der Waals surface area contributed by atoms with Gasteiger partial charge in [-0.25, -0.2) is 17.5 Å². The Morgan fingerprint density at radius 1 is 1.48 bits per heavy atom. The van der Waals surface area contributed by atoms with E-state index in [1.54, 1.807) is 6.92 Å². The summed E-state index contributed by atoms with van der Waals surface area (Å²) in [4.78, 5) is 23.1. The Kier molecular flexibility index (Phi) is 5.10. The van der Waals surface area contributed by atoms with E-state index >= 15 is 0 Å². The molecule has 1 atom stereocenters. The molecule has 0 saturated carbocycles. The van der Waals surface area contributed by atoms with Crippen LogP contribution in [0, 0.1) is 12.8 Å². The lowest BCUT2D eigenvalue weighted by Crippen LogP contribution is -2.44. The number of hydrogen-bond acceptors (Lipinski definition) is 5. The Bertz CT molecular complexity index is 709. The maximum Gasteiger partial charge on any atom is 0.339 e. The highest BCUT2D eigenvalue weighted by Crippen LogP contribution is 2.19. The van der Waals surface area contributed by atoms with Crippen LogP contribution in [0.3, 0.4) is 0 Å². The molecule has 1 saturated heterocycles. The Hall–Kier alpha value is -1.87. The number of hydrogen-bond donors (Lipinski definition) is 2. The van der Waals surface area contributed by atoms with Gasteiger partial charge in [-0.05, 0) is 25.8 Å². The van der Waals surface area contributed by atoms with Gasteiger partial charge in [-0.2, -0.15) is 0 Å². The minimum absolute atomic E-state index is 0.0650. The fourth-order valence-electron chi connectivity index (χ4n) is 2.62. The van der Waals surface area contributed by atoms with Gasteiger partial charge in [0.25, 0.3) is 0 Å².